The van der Waals surface area contributed by atoms with Crippen LogP contribution in [-0.2, 0) is 26.2 Å². The maximum absolute atomic E-state index is 13.8. The third-order valence-corrected chi connectivity index (χ3v) is 8.21. The fourth-order valence-corrected chi connectivity index (χ4v) is 5.63. The zero-order chi connectivity index (χ0) is 28.7. The molecule has 0 fully saturated rings. The molecule has 39 heavy (non-hydrogen) atoms. The first-order chi connectivity index (χ1) is 18.4. The maximum Gasteiger partial charge on any atom is 0.269 e. The highest BCUT2D eigenvalue weighted by Gasteiger charge is 2.32. The van der Waals surface area contributed by atoms with E-state index in [-0.39, 0.29) is 27.8 Å². The first-order valence-electron chi connectivity index (χ1n) is 11.8. The van der Waals surface area contributed by atoms with Crippen LogP contribution in [0.15, 0.2) is 77.7 Å². The number of carbonyl (C=O) groups excluding carboxylic acids is 2. The summed E-state index contributed by atoms with van der Waals surface area (Å²) in [6.07, 6.45) is 0. The lowest BCUT2D eigenvalue weighted by molar-refractivity contribution is -0.384. The van der Waals surface area contributed by atoms with Gasteiger partial charge in [0.15, 0.2) is 0 Å². The minimum atomic E-state index is -4.29. The third kappa shape index (κ3) is 7.25. The monoisotopic (exact) mass is 592 g/mol. The summed E-state index contributed by atoms with van der Waals surface area (Å²) in [6, 6.07) is 16.0. The molecular weight excluding hydrogens is 567 g/mol. The number of sulfonamides is 1. The summed E-state index contributed by atoms with van der Waals surface area (Å²) in [5.74, 6) is -1.14. The van der Waals surface area contributed by atoms with Crippen LogP contribution in [-0.4, -0.2) is 49.2 Å². The van der Waals surface area contributed by atoms with Crippen molar-refractivity contribution in [2.24, 2.45) is 0 Å². The van der Waals surface area contributed by atoms with Crippen molar-refractivity contribution in [3.8, 4) is 0 Å². The van der Waals surface area contributed by atoms with Gasteiger partial charge in [-0.15, -0.1) is 0 Å². The van der Waals surface area contributed by atoms with E-state index in [2.05, 4.69) is 5.32 Å². The van der Waals surface area contributed by atoms with Crippen LogP contribution < -0.4 is 9.62 Å². The summed E-state index contributed by atoms with van der Waals surface area (Å²) >= 11 is 12.3. The second kappa shape index (κ2) is 12.9. The van der Waals surface area contributed by atoms with Crippen LogP contribution in [0.25, 0.3) is 0 Å². The molecule has 1 atom stereocenters. The van der Waals surface area contributed by atoms with Gasteiger partial charge in [-0.3, -0.25) is 24.0 Å². The molecule has 1 N–H and O–H groups in total. The van der Waals surface area contributed by atoms with Crippen molar-refractivity contribution in [3.63, 3.8) is 0 Å². The number of nitro benzene ring substituents is 1. The highest BCUT2D eigenvalue weighted by Crippen LogP contribution is 2.27. The number of nitrogens with zero attached hydrogens (tertiary/aromatic N) is 3. The molecule has 0 aliphatic rings. The molecule has 13 heteroatoms. The van der Waals surface area contributed by atoms with Gasteiger partial charge in [-0.05, 0) is 55.8 Å². The number of rotatable bonds is 11. The Morgan fingerprint density at radius 3 is 2.23 bits per heavy atom. The molecule has 3 aromatic rings. The van der Waals surface area contributed by atoms with Crippen molar-refractivity contribution in [2.75, 3.05) is 17.4 Å². The summed E-state index contributed by atoms with van der Waals surface area (Å²) in [5, 5.41) is 14.5. The lowest BCUT2D eigenvalue weighted by atomic mass is 10.1. The van der Waals surface area contributed by atoms with Crippen molar-refractivity contribution in [1.29, 1.82) is 0 Å². The Bertz CT molecular complexity index is 1450. The van der Waals surface area contributed by atoms with E-state index in [1.807, 2.05) is 0 Å². The quantitative estimate of drug-likeness (QED) is 0.255. The van der Waals surface area contributed by atoms with Gasteiger partial charge < -0.3 is 10.2 Å². The molecule has 10 nitrogen and oxygen atoms in total. The predicted octanol–water partition coefficient (Wildman–Crippen LogP) is 4.65. The van der Waals surface area contributed by atoms with E-state index in [0.29, 0.717) is 17.1 Å². The van der Waals surface area contributed by atoms with Crippen molar-refractivity contribution in [2.45, 2.75) is 31.3 Å². The average Bonchev–Trinajstić information content (AvgIpc) is 2.91. The first-order valence-corrected chi connectivity index (χ1v) is 14.0. The maximum atomic E-state index is 13.8. The van der Waals surface area contributed by atoms with Crippen LogP contribution in [0.1, 0.15) is 19.4 Å². The SMILES string of the molecule is CCNC(=O)C(C)N(Cc1ccc(Cl)cc1Cl)C(=O)CN(c1ccc([N+](=O)[O-])cc1)S(=O)(=O)c1ccccc1. The fraction of sp³-hybridized carbons (Fsp3) is 0.231. The van der Waals surface area contributed by atoms with Gasteiger partial charge in [0.05, 0.1) is 15.5 Å². The van der Waals surface area contributed by atoms with Crippen LogP contribution in [0.3, 0.4) is 0 Å². The topological polar surface area (TPSA) is 130 Å². The van der Waals surface area contributed by atoms with Gasteiger partial charge in [-0.25, -0.2) is 8.42 Å². The number of nitro groups is 1. The summed E-state index contributed by atoms with van der Waals surface area (Å²) in [6.45, 7) is 2.78. The predicted molar refractivity (Wildman–Crippen MR) is 149 cm³/mol. The molecule has 0 saturated carbocycles. The molecule has 0 saturated heterocycles. The molecule has 3 aromatic carbocycles. The molecule has 0 heterocycles. The van der Waals surface area contributed by atoms with E-state index in [4.69, 9.17) is 23.2 Å². The fourth-order valence-electron chi connectivity index (χ4n) is 3.73. The minimum Gasteiger partial charge on any atom is -0.355 e. The second-order valence-corrected chi connectivity index (χ2v) is 11.1. The van der Waals surface area contributed by atoms with Crippen LogP contribution in [0, 0.1) is 10.1 Å². The van der Waals surface area contributed by atoms with Gasteiger partial charge in [-0.1, -0.05) is 47.5 Å². The number of benzene rings is 3. The molecule has 2 amide bonds. The molecule has 1 unspecified atom stereocenters. The number of halogens is 2. The normalized spacial score (nSPS) is 11.9. The summed E-state index contributed by atoms with van der Waals surface area (Å²) in [4.78, 5) is 38.2. The molecule has 0 aliphatic carbocycles. The van der Waals surface area contributed by atoms with Crippen molar-refractivity contribution >= 4 is 56.4 Å². The number of hydrogen-bond acceptors (Lipinski definition) is 6. The Hall–Kier alpha value is -3.67. The molecule has 206 valence electrons. The number of hydrogen-bond donors (Lipinski definition) is 1. The van der Waals surface area contributed by atoms with Gasteiger partial charge in [0.2, 0.25) is 11.8 Å². The van der Waals surface area contributed by atoms with Gasteiger partial charge >= 0.3 is 0 Å². The molecule has 0 radical (unpaired) electrons. The van der Waals surface area contributed by atoms with E-state index in [9.17, 15) is 28.1 Å². The zero-order valence-electron chi connectivity index (χ0n) is 21.1. The smallest absolute Gasteiger partial charge is 0.269 e. The Morgan fingerprint density at radius 1 is 1.03 bits per heavy atom. The molecule has 0 spiro atoms. The van der Waals surface area contributed by atoms with Crippen LogP contribution in [0.4, 0.5) is 11.4 Å². The van der Waals surface area contributed by atoms with Crippen LogP contribution in [0.2, 0.25) is 10.0 Å². The second-order valence-electron chi connectivity index (χ2n) is 8.43. The molecule has 0 aromatic heterocycles. The highest BCUT2D eigenvalue weighted by atomic mass is 35.5. The molecular formula is C26H26Cl2N4O6S. The first kappa shape index (κ1) is 29.9. The van der Waals surface area contributed by atoms with E-state index in [1.165, 1.54) is 54.3 Å². The van der Waals surface area contributed by atoms with Crippen molar-refractivity contribution in [3.05, 3.63) is 98.5 Å². The minimum absolute atomic E-state index is 0.0351. The van der Waals surface area contributed by atoms with E-state index >= 15 is 0 Å². The summed E-state index contributed by atoms with van der Waals surface area (Å²) < 4.78 is 28.2. The lowest BCUT2D eigenvalue weighted by Gasteiger charge is -2.32. The summed E-state index contributed by atoms with van der Waals surface area (Å²) in [7, 11) is -4.29. The number of amides is 2. The summed E-state index contributed by atoms with van der Waals surface area (Å²) in [5.41, 5.74) is 0.289. The number of anilines is 1. The molecule has 0 bridgehead atoms. The van der Waals surface area contributed by atoms with Gasteiger partial charge in [0.25, 0.3) is 15.7 Å². The lowest BCUT2D eigenvalue weighted by Crippen LogP contribution is -2.51. The Labute approximate surface area is 236 Å². The standard InChI is InChI=1S/C26H26Cl2N4O6S/c1-3-29-26(34)18(2)30(16-19-9-10-20(27)15-24(19)28)25(33)17-31(21-11-13-22(14-12-21)32(35)36)39(37,38)23-7-5-4-6-8-23/h4-15,18H,3,16-17H2,1-2H3,(H,29,34). The molecule has 0 aliphatic heterocycles. The largest absolute Gasteiger partial charge is 0.355 e. The number of likely N-dealkylation sites (N-methyl/N-ethyl adjacent to an activating group) is 1. The number of nitrogens with one attached hydrogen (secondary N) is 1. The number of non-ortho nitro benzene ring substituents is 1. The molecule has 3 rings (SSSR count). The van der Waals surface area contributed by atoms with Gasteiger partial charge in [-0.2, -0.15) is 0 Å². The van der Waals surface area contributed by atoms with Crippen LogP contribution >= 0.6 is 23.2 Å². The Kier molecular flexibility index (Phi) is 9.90. The van der Waals surface area contributed by atoms with E-state index < -0.39 is 39.3 Å². The Morgan fingerprint density at radius 2 is 1.67 bits per heavy atom. The van der Waals surface area contributed by atoms with Crippen LogP contribution in [0.5, 0.6) is 0 Å². The van der Waals surface area contributed by atoms with Gasteiger partial charge in [0, 0.05) is 35.3 Å². The Balaban J connectivity index is 2.05. The van der Waals surface area contributed by atoms with E-state index in [1.54, 1.807) is 25.1 Å². The average molecular weight is 593 g/mol. The zero-order valence-corrected chi connectivity index (χ0v) is 23.4. The third-order valence-electron chi connectivity index (χ3n) is 5.83. The number of carbonyl (C=O) groups is 2. The van der Waals surface area contributed by atoms with Crippen molar-refractivity contribution in [1.82, 2.24) is 10.2 Å². The highest BCUT2D eigenvalue weighted by molar-refractivity contribution is 7.92. The van der Waals surface area contributed by atoms with E-state index in [0.717, 1.165) is 16.4 Å². The van der Waals surface area contributed by atoms with Crippen molar-refractivity contribution < 1.29 is 22.9 Å². The van der Waals surface area contributed by atoms with Gasteiger partial charge in [0.1, 0.15) is 12.6 Å².